The van der Waals surface area contributed by atoms with Crippen molar-refractivity contribution in [3.63, 3.8) is 0 Å². The summed E-state index contributed by atoms with van der Waals surface area (Å²) in [6, 6.07) is 5.18. The second kappa shape index (κ2) is 12.7. The maximum atomic E-state index is 16.7. The molecule has 2 aliphatic rings. The molecule has 0 heterocycles. The van der Waals surface area contributed by atoms with Gasteiger partial charge in [-0.2, -0.15) is 0 Å². The Balaban J connectivity index is 2.05. The van der Waals surface area contributed by atoms with Crippen LogP contribution < -0.4 is 18.4 Å². The van der Waals surface area contributed by atoms with Crippen molar-refractivity contribution in [2.75, 3.05) is 10.6 Å². The van der Waals surface area contributed by atoms with Crippen LogP contribution in [0.1, 0.15) is 66.2 Å². The van der Waals surface area contributed by atoms with E-state index < -0.39 is 39.9 Å². The Morgan fingerprint density at radius 3 is 1.44 bits per heavy atom. The van der Waals surface area contributed by atoms with Crippen molar-refractivity contribution >= 4 is 19.1 Å². The molecule has 39 heavy (non-hydrogen) atoms. The second-order valence-electron chi connectivity index (χ2n) is 10.6. The van der Waals surface area contributed by atoms with E-state index in [2.05, 4.69) is 10.6 Å². The van der Waals surface area contributed by atoms with Gasteiger partial charge in [0.15, 0.2) is 0 Å². The van der Waals surface area contributed by atoms with Crippen LogP contribution in [0.5, 0.6) is 0 Å². The van der Waals surface area contributed by atoms with E-state index >= 15 is 17.6 Å². The van der Waals surface area contributed by atoms with Crippen LogP contribution in [0.25, 0.3) is 0 Å². The summed E-state index contributed by atoms with van der Waals surface area (Å²) < 4.78 is 66.6. The van der Waals surface area contributed by atoms with Gasteiger partial charge in [-0.3, -0.25) is 0 Å². The molecule has 0 radical (unpaired) electrons. The number of anilines is 2. The fourth-order valence-electron chi connectivity index (χ4n) is 5.98. The van der Waals surface area contributed by atoms with E-state index in [-0.39, 0.29) is 31.2 Å². The fraction of sp³-hybridized carbons (Fsp3) is 0.375. The molecule has 0 fully saturated rings. The van der Waals surface area contributed by atoms with Gasteiger partial charge in [0, 0.05) is 0 Å². The summed E-state index contributed by atoms with van der Waals surface area (Å²) in [5, 5.41) is 6.36. The van der Waals surface area contributed by atoms with Crippen LogP contribution in [-0.4, -0.2) is 12.1 Å². The molecule has 2 aliphatic carbocycles. The van der Waals surface area contributed by atoms with Gasteiger partial charge in [-0.1, -0.05) is 0 Å². The molecule has 2 atom stereocenters. The Bertz CT molecular complexity index is 1230. The molecule has 208 valence electrons. The molecule has 7 heteroatoms. The van der Waals surface area contributed by atoms with Crippen LogP contribution in [0.4, 0.5) is 28.9 Å². The number of hydrogen-bond donors (Lipinski definition) is 2. The third kappa shape index (κ3) is 5.69. The van der Waals surface area contributed by atoms with Gasteiger partial charge in [0.2, 0.25) is 0 Å². The van der Waals surface area contributed by atoms with Crippen LogP contribution >= 0.6 is 0 Å². The molecule has 0 amide bonds. The first-order valence-corrected chi connectivity index (χ1v) is 17.1. The zero-order valence-electron chi connectivity index (χ0n) is 23.2. The molecule has 2 aromatic carbocycles. The summed E-state index contributed by atoms with van der Waals surface area (Å²) in [5.74, 6) is -3.04. The van der Waals surface area contributed by atoms with Crippen molar-refractivity contribution in [2.45, 2.75) is 78.3 Å². The van der Waals surface area contributed by atoms with Gasteiger partial charge in [-0.05, 0) is 0 Å². The SMILES string of the molecule is CCCC(C)Nc1ccc(F)[c]([Ti]([C]2=CC=CC2)([C]2=CC=CC2)[c]2c(F)ccc(NC(C)CCC)c2F)c1F. The van der Waals surface area contributed by atoms with E-state index in [1.54, 1.807) is 0 Å². The van der Waals surface area contributed by atoms with Gasteiger partial charge in [-0.25, -0.2) is 0 Å². The van der Waals surface area contributed by atoms with Crippen LogP contribution in [0.15, 0.2) is 68.5 Å². The fourth-order valence-corrected chi connectivity index (χ4v) is 14.3. The standard InChI is InChI=1S/2C11H14F2N.2C5H5.Ti/c2*1-3-4-8(2)14-11-6-5-9(12)7-10(11)13;2*1-2-4-5-3-1;/h2*5-6,8,14H,3-4H2,1-2H3;2*1-3H,4H2;. The quantitative estimate of drug-likeness (QED) is 0.197. The summed E-state index contributed by atoms with van der Waals surface area (Å²) >= 11 is -4.82. The first-order valence-electron chi connectivity index (χ1n) is 14.0. The molecule has 2 aromatic rings. The number of benzene rings is 2. The van der Waals surface area contributed by atoms with Crippen molar-refractivity contribution in [3.05, 3.63) is 91.7 Å². The van der Waals surface area contributed by atoms with Crippen LogP contribution in [0, 0.1) is 23.3 Å². The van der Waals surface area contributed by atoms with E-state index in [1.165, 1.54) is 24.3 Å². The zero-order chi connectivity index (χ0) is 28.2. The number of rotatable bonds is 12. The topological polar surface area (TPSA) is 24.1 Å². The van der Waals surface area contributed by atoms with Gasteiger partial charge >= 0.3 is 234 Å². The van der Waals surface area contributed by atoms with E-state index in [0.717, 1.165) is 25.7 Å². The third-order valence-corrected chi connectivity index (χ3v) is 15.6. The summed E-state index contributed by atoms with van der Waals surface area (Å²) in [6.07, 6.45) is 15.2. The Morgan fingerprint density at radius 1 is 0.692 bits per heavy atom. The molecule has 0 spiro atoms. The predicted molar refractivity (Wildman–Crippen MR) is 152 cm³/mol. The van der Waals surface area contributed by atoms with Crippen LogP contribution in [0.2, 0.25) is 0 Å². The van der Waals surface area contributed by atoms with Gasteiger partial charge in [0.1, 0.15) is 0 Å². The van der Waals surface area contributed by atoms with Gasteiger partial charge in [-0.15, -0.1) is 0 Å². The summed E-state index contributed by atoms with van der Waals surface area (Å²) in [5.41, 5.74) is 0.319. The van der Waals surface area contributed by atoms with Gasteiger partial charge in [0.05, 0.1) is 0 Å². The minimum absolute atomic E-state index is 0.0505. The van der Waals surface area contributed by atoms with E-state index in [4.69, 9.17) is 0 Å². The van der Waals surface area contributed by atoms with Gasteiger partial charge < -0.3 is 0 Å². The molecule has 4 rings (SSSR count). The van der Waals surface area contributed by atoms with Gasteiger partial charge in [0.25, 0.3) is 0 Å². The average molecular weight is 575 g/mol. The first-order chi connectivity index (χ1) is 18.7. The average Bonchev–Trinajstić information content (AvgIpc) is 3.62. The molecule has 0 saturated heterocycles. The first kappa shape index (κ1) is 29.4. The normalized spacial score (nSPS) is 16.3. The van der Waals surface area contributed by atoms with E-state index in [1.807, 2.05) is 64.2 Å². The molecule has 0 bridgehead atoms. The summed E-state index contributed by atoms with van der Waals surface area (Å²) in [6.45, 7) is 7.97. The van der Waals surface area contributed by atoms with E-state index in [0.29, 0.717) is 20.6 Å². The van der Waals surface area contributed by atoms with Crippen molar-refractivity contribution in [3.8, 4) is 0 Å². The van der Waals surface area contributed by atoms with Crippen LogP contribution in [-0.2, 0) is 16.6 Å². The number of allylic oxidation sites excluding steroid dienone is 8. The Morgan fingerprint density at radius 2 is 1.10 bits per heavy atom. The molecule has 0 saturated carbocycles. The van der Waals surface area contributed by atoms with Crippen molar-refractivity contribution in [2.24, 2.45) is 0 Å². The predicted octanol–water partition coefficient (Wildman–Crippen LogP) is 8.24. The minimum atomic E-state index is -4.82. The monoisotopic (exact) mass is 574 g/mol. The molecule has 2 nitrogen and oxygen atoms in total. The summed E-state index contributed by atoms with van der Waals surface area (Å²) in [7, 11) is 0. The van der Waals surface area contributed by atoms with Crippen molar-refractivity contribution < 1.29 is 34.2 Å². The Labute approximate surface area is 233 Å². The molecule has 2 N–H and O–H groups in total. The molecular formula is C32H38F4N2Ti. The molecule has 0 aliphatic heterocycles. The molecular weight excluding hydrogens is 536 g/mol. The number of halogens is 4. The summed E-state index contributed by atoms with van der Waals surface area (Å²) in [4.78, 5) is 0. The Kier molecular flexibility index (Phi) is 9.61. The Hall–Kier alpha value is -2.57. The number of nitrogens with one attached hydrogen (secondary N) is 2. The third-order valence-electron chi connectivity index (χ3n) is 7.69. The number of hydrogen-bond acceptors (Lipinski definition) is 2. The molecule has 0 aromatic heterocycles. The maximum absolute atomic E-state index is 16.7. The van der Waals surface area contributed by atoms with Crippen LogP contribution in [0.3, 0.4) is 0 Å². The van der Waals surface area contributed by atoms with Crippen molar-refractivity contribution in [1.29, 1.82) is 0 Å². The zero-order valence-corrected chi connectivity index (χ0v) is 24.7. The second-order valence-corrected chi connectivity index (χ2v) is 16.5. The molecule has 2 unspecified atom stereocenters. The van der Waals surface area contributed by atoms with E-state index in [9.17, 15) is 0 Å². The van der Waals surface area contributed by atoms with Crippen molar-refractivity contribution in [1.82, 2.24) is 0 Å².